The van der Waals surface area contributed by atoms with Crippen LogP contribution in [0.5, 0.6) is 0 Å². The third kappa shape index (κ3) is 2.93. The van der Waals surface area contributed by atoms with E-state index < -0.39 is 40.0 Å². The standard InChI is InChI=1S/C14H8ClF5/c15-9(4-7-2-1-3-10(17)14(7)20)13-11(18)5-8(16)6-12(13)19/h1-3,5-6,9H,4H2. The molecule has 2 rings (SSSR count). The van der Waals surface area contributed by atoms with E-state index in [1.807, 2.05) is 0 Å². The van der Waals surface area contributed by atoms with Crippen LogP contribution in [0.2, 0.25) is 0 Å². The SMILES string of the molecule is Fc1cc(F)c(C(Cl)Cc2cccc(F)c2F)c(F)c1. The molecule has 0 saturated heterocycles. The van der Waals surface area contributed by atoms with Gasteiger partial charge in [-0.25, -0.2) is 22.0 Å². The number of rotatable bonds is 3. The lowest BCUT2D eigenvalue weighted by Crippen LogP contribution is -2.05. The van der Waals surface area contributed by atoms with Gasteiger partial charge in [0.1, 0.15) is 17.5 Å². The summed E-state index contributed by atoms with van der Waals surface area (Å²) in [6, 6.07) is 4.40. The van der Waals surface area contributed by atoms with Crippen LogP contribution in [0, 0.1) is 29.1 Å². The minimum absolute atomic E-state index is 0.117. The number of halogens is 6. The zero-order valence-corrected chi connectivity index (χ0v) is 10.7. The molecule has 0 aliphatic rings. The van der Waals surface area contributed by atoms with E-state index in [4.69, 9.17) is 11.6 Å². The maximum atomic E-state index is 13.5. The Hall–Kier alpha value is -1.62. The molecule has 0 N–H and O–H groups in total. The van der Waals surface area contributed by atoms with Crippen LogP contribution < -0.4 is 0 Å². The van der Waals surface area contributed by atoms with Crippen molar-refractivity contribution < 1.29 is 22.0 Å². The lowest BCUT2D eigenvalue weighted by atomic mass is 10.0. The van der Waals surface area contributed by atoms with Crippen LogP contribution in [0.15, 0.2) is 30.3 Å². The summed E-state index contributed by atoms with van der Waals surface area (Å²) in [7, 11) is 0. The van der Waals surface area contributed by atoms with Gasteiger partial charge < -0.3 is 0 Å². The highest BCUT2D eigenvalue weighted by molar-refractivity contribution is 6.21. The predicted octanol–water partition coefficient (Wildman–Crippen LogP) is 4.90. The second-order valence-electron chi connectivity index (χ2n) is 4.17. The monoisotopic (exact) mass is 306 g/mol. The Morgan fingerprint density at radius 3 is 2.10 bits per heavy atom. The van der Waals surface area contributed by atoms with E-state index in [0.29, 0.717) is 12.1 Å². The van der Waals surface area contributed by atoms with Gasteiger partial charge in [0.05, 0.1) is 5.38 Å². The van der Waals surface area contributed by atoms with Gasteiger partial charge in [0.2, 0.25) is 0 Å². The van der Waals surface area contributed by atoms with Crippen molar-refractivity contribution in [3.63, 3.8) is 0 Å². The van der Waals surface area contributed by atoms with Gasteiger partial charge in [-0.1, -0.05) is 12.1 Å². The molecule has 0 heterocycles. The summed E-state index contributed by atoms with van der Waals surface area (Å²) < 4.78 is 66.3. The van der Waals surface area contributed by atoms with E-state index in [-0.39, 0.29) is 12.0 Å². The largest absolute Gasteiger partial charge is 0.207 e. The van der Waals surface area contributed by atoms with Crippen molar-refractivity contribution >= 4 is 11.6 Å². The quantitative estimate of drug-likeness (QED) is 0.558. The maximum Gasteiger partial charge on any atom is 0.162 e. The average Bonchev–Trinajstić information content (AvgIpc) is 2.33. The highest BCUT2D eigenvalue weighted by Gasteiger charge is 2.21. The second kappa shape index (κ2) is 5.79. The molecular weight excluding hydrogens is 299 g/mol. The summed E-state index contributed by atoms with van der Waals surface area (Å²) in [6.07, 6.45) is -0.329. The molecule has 0 fully saturated rings. The summed E-state index contributed by atoms with van der Waals surface area (Å²) in [4.78, 5) is 0. The van der Waals surface area contributed by atoms with Crippen LogP contribution in [0.25, 0.3) is 0 Å². The Labute approximate surface area is 116 Å². The minimum atomic E-state index is -1.29. The van der Waals surface area contributed by atoms with Crippen LogP contribution in [-0.4, -0.2) is 0 Å². The minimum Gasteiger partial charge on any atom is -0.207 e. The molecule has 0 radical (unpaired) electrons. The second-order valence-corrected chi connectivity index (χ2v) is 4.69. The van der Waals surface area contributed by atoms with Crippen molar-refractivity contribution in [1.29, 1.82) is 0 Å². The van der Waals surface area contributed by atoms with Crippen molar-refractivity contribution in [3.05, 3.63) is 70.5 Å². The first kappa shape index (κ1) is 14.8. The molecule has 0 amide bonds. The van der Waals surface area contributed by atoms with Crippen LogP contribution in [0.4, 0.5) is 22.0 Å². The summed E-state index contributed by atoms with van der Waals surface area (Å²) in [6.45, 7) is 0. The molecule has 0 nitrogen and oxygen atoms in total. The van der Waals surface area contributed by atoms with Gasteiger partial charge in [0, 0.05) is 17.7 Å². The molecule has 1 atom stereocenters. The molecule has 6 heteroatoms. The van der Waals surface area contributed by atoms with Crippen LogP contribution in [-0.2, 0) is 6.42 Å². The highest BCUT2D eigenvalue weighted by atomic mass is 35.5. The number of hydrogen-bond acceptors (Lipinski definition) is 0. The summed E-state index contributed by atoms with van der Waals surface area (Å²) >= 11 is 5.84. The van der Waals surface area contributed by atoms with Crippen LogP contribution in [0.3, 0.4) is 0 Å². The fraction of sp³-hybridized carbons (Fsp3) is 0.143. The van der Waals surface area contributed by atoms with Crippen molar-refractivity contribution in [2.45, 2.75) is 11.8 Å². The number of alkyl halides is 1. The van der Waals surface area contributed by atoms with E-state index in [1.165, 1.54) is 12.1 Å². The predicted molar refractivity (Wildman–Crippen MR) is 65.0 cm³/mol. The summed E-state index contributed by atoms with van der Waals surface area (Å²) in [5.74, 6) is -5.62. The molecule has 2 aromatic carbocycles. The number of benzene rings is 2. The first-order valence-corrected chi connectivity index (χ1v) is 6.05. The molecule has 106 valence electrons. The van der Waals surface area contributed by atoms with Gasteiger partial charge in [-0.2, -0.15) is 0 Å². The van der Waals surface area contributed by atoms with E-state index >= 15 is 0 Å². The Morgan fingerprint density at radius 2 is 1.50 bits per heavy atom. The maximum absolute atomic E-state index is 13.5. The molecule has 0 spiro atoms. The van der Waals surface area contributed by atoms with Gasteiger partial charge >= 0.3 is 0 Å². The van der Waals surface area contributed by atoms with Crippen molar-refractivity contribution in [2.75, 3.05) is 0 Å². The molecule has 0 aliphatic carbocycles. The van der Waals surface area contributed by atoms with Gasteiger partial charge in [-0.15, -0.1) is 11.6 Å². The van der Waals surface area contributed by atoms with E-state index in [9.17, 15) is 22.0 Å². The zero-order valence-electron chi connectivity index (χ0n) is 9.94. The lowest BCUT2D eigenvalue weighted by molar-refractivity contribution is 0.493. The third-order valence-corrected chi connectivity index (χ3v) is 3.16. The van der Waals surface area contributed by atoms with E-state index in [0.717, 1.165) is 6.07 Å². The summed E-state index contributed by atoms with van der Waals surface area (Å²) in [5, 5.41) is -1.29. The average molecular weight is 307 g/mol. The van der Waals surface area contributed by atoms with Crippen molar-refractivity contribution in [3.8, 4) is 0 Å². The Kier molecular flexibility index (Phi) is 4.28. The van der Waals surface area contributed by atoms with Crippen molar-refractivity contribution in [1.82, 2.24) is 0 Å². The van der Waals surface area contributed by atoms with Crippen molar-refractivity contribution in [2.24, 2.45) is 0 Å². The van der Waals surface area contributed by atoms with Gasteiger partial charge in [-0.3, -0.25) is 0 Å². The topological polar surface area (TPSA) is 0 Å². The zero-order chi connectivity index (χ0) is 14.9. The molecule has 2 aromatic rings. The third-order valence-electron chi connectivity index (χ3n) is 2.79. The van der Waals surface area contributed by atoms with Gasteiger partial charge in [0.25, 0.3) is 0 Å². The smallest absolute Gasteiger partial charge is 0.162 e. The molecule has 0 saturated carbocycles. The fourth-order valence-corrected chi connectivity index (χ4v) is 2.23. The first-order valence-electron chi connectivity index (χ1n) is 5.61. The lowest BCUT2D eigenvalue weighted by Gasteiger charge is -2.13. The Morgan fingerprint density at radius 1 is 0.900 bits per heavy atom. The fourth-order valence-electron chi connectivity index (χ4n) is 1.85. The number of hydrogen-bond donors (Lipinski definition) is 0. The molecule has 0 bridgehead atoms. The molecular formula is C14H8ClF5. The van der Waals surface area contributed by atoms with E-state index in [2.05, 4.69) is 0 Å². The van der Waals surface area contributed by atoms with Gasteiger partial charge in [-0.05, 0) is 18.1 Å². The molecule has 20 heavy (non-hydrogen) atoms. The molecule has 0 aliphatic heterocycles. The van der Waals surface area contributed by atoms with E-state index in [1.54, 1.807) is 0 Å². The van der Waals surface area contributed by atoms with Crippen LogP contribution in [0.1, 0.15) is 16.5 Å². The van der Waals surface area contributed by atoms with Crippen LogP contribution >= 0.6 is 11.6 Å². The molecule has 1 unspecified atom stereocenters. The Balaban J connectivity index is 2.33. The van der Waals surface area contributed by atoms with Gasteiger partial charge in [0.15, 0.2) is 11.6 Å². The highest BCUT2D eigenvalue weighted by Crippen LogP contribution is 2.31. The Bertz CT molecular complexity index is 618. The first-order chi connectivity index (χ1) is 9.40. The molecule has 0 aromatic heterocycles. The normalized spacial score (nSPS) is 12.5. The summed E-state index contributed by atoms with van der Waals surface area (Å²) in [5.41, 5.74) is -0.690.